The topological polar surface area (TPSA) is 22.8 Å². The van der Waals surface area contributed by atoms with E-state index in [9.17, 15) is 0 Å². The van der Waals surface area contributed by atoms with Gasteiger partial charge in [-0.15, -0.1) is 11.3 Å². The van der Waals surface area contributed by atoms with Crippen LogP contribution in [0.25, 0.3) is 76.5 Å². The van der Waals surface area contributed by atoms with Gasteiger partial charge in [0.2, 0.25) is 0 Å². The van der Waals surface area contributed by atoms with E-state index < -0.39 is 0 Å². The van der Waals surface area contributed by atoms with Gasteiger partial charge in [-0.1, -0.05) is 85.0 Å². The Morgan fingerprint density at radius 3 is 2.34 bits per heavy atom. The van der Waals surface area contributed by atoms with Crippen molar-refractivity contribution in [2.75, 3.05) is 0 Å². The summed E-state index contributed by atoms with van der Waals surface area (Å²) in [5.41, 5.74) is 12.3. The van der Waals surface area contributed by atoms with Gasteiger partial charge in [0.15, 0.2) is 0 Å². The van der Waals surface area contributed by atoms with Gasteiger partial charge in [0.1, 0.15) is 5.82 Å². The number of imidazole rings is 1. The SMILES string of the molecule is C1=CC(c2cccc3c2sc2ccc4c5c(n(-c6ccc(-c7nc8ccccc8n7-c7ccccc7)cc6)c4c23)CCC=C5)=CCC1. The molecular weight excluding hydrogens is 591 g/mol. The molecule has 0 bridgehead atoms. The summed E-state index contributed by atoms with van der Waals surface area (Å²) < 4.78 is 7.55. The smallest absolute Gasteiger partial charge is 0.145 e. The maximum absolute atomic E-state index is 5.13. The van der Waals surface area contributed by atoms with Gasteiger partial charge in [0, 0.05) is 53.8 Å². The molecule has 0 saturated heterocycles. The first-order valence-corrected chi connectivity index (χ1v) is 17.3. The van der Waals surface area contributed by atoms with Gasteiger partial charge in [-0.25, -0.2) is 4.98 Å². The molecule has 8 aromatic rings. The molecule has 5 aromatic carbocycles. The molecule has 0 amide bonds. The van der Waals surface area contributed by atoms with Crippen LogP contribution in [0.4, 0.5) is 0 Å². The van der Waals surface area contributed by atoms with Gasteiger partial charge in [0.25, 0.3) is 0 Å². The van der Waals surface area contributed by atoms with E-state index >= 15 is 0 Å². The predicted molar refractivity (Wildman–Crippen MR) is 200 cm³/mol. The highest BCUT2D eigenvalue weighted by atomic mass is 32.1. The Labute approximate surface area is 277 Å². The fourth-order valence-electron chi connectivity index (χ4n) is 7.73. The second-order valence-electron chi connectivity index (χ2n) is 12.5. The molecule has 0 spiro atoms. The molecule has 4 heteroatoms. The minimum atomic E-state index is 0.955. The standard InChI is InChI=1S/C43H31N3S/c1-3-12-28(13-4-1)32-17-11-18-35-40-39(47-42(32)35)27-26-34-33-16-7-9-20-37(33)45(41(34)40)31-24-22-29(23-25-31)43-44-36-19-8-10-21-38(36)46(43)30-14-5-2-6-15-30/h2-3,5-8,10-19,21-27H,1,4,9,20H2. The van der Waals surface area contributed by atoms with E-state index in [1.54, 1.807) is 0 Å². The fraction of sp³-hybridized carbons (Fsp3) is 0.0930. The van der Waals surface area contributed by atoms with Gasteiger partial charge in [-0.2, -0.15) is 0 Å². The molecule has 0 unspecified atom stereocenters. The van der Waals surface area contributed by atoms with Gasteiger partial charge in [-0.3, -0.25) is 4.57 Å². The largest absolute Gasteiger partial charge is 0.312 e. The second-order valence-corrected chi connectivity index (χ2v) is 13.6. The average Bonchev–Trinajstić information content (AvgIpc) is 3.82. The maximum atomic E-state index is 5.13. The number of allylic oxidation sites excluding steroid dienone is 5. The molecule has 0 N–H and O–H groups in total. The van der Waals surface area contributed by atoms with Gasteiger partial charge >= 0.3 is 0 Å². The third-order valence-electron chi connectivity index (χ3n) is 9.83. The minimum absolute atomic E-state index is 0.955. The molecule has 224 valence electrons. The van der Waals surface area contributed by atoms with Crippen molar-refractivity contribution >= 4 is 65.1 Å². The zero-order chi connectivity index (χ0) is 30.9. The lowest BCUT2D eigenvalue weighted by Crippen LogP contribution is -2.03. The Morgan fingerprint density at radius 2 is 1.47 bits per heavy atom. The number of nitrogens with zero attached hydrogens (tertiary/aromatic N) is 3. The van der Waals surface area contributed by atoms with Crippen molar-refractivity contribution in [1.82, 2.24) is 14.1 Å². The van der Waals surface area contributed by atoms with Crippen molar-refractivity contribution in [3.63, 3.8) is 0 Å². The van der Waals surface area contributed by atoms with Crippen LogP contribution >= 0.6 is 11.3 Å². The van der Waals surface area contributed by atoms with Crippen molar-refractivity contribution in [2.24, 2.45) is 0 Å². The van der Waals surface area contributed by atoms with Crippen molar-refractivity contribution in [1.29, 1.82) is 0 Å². The van der Waals surface area contributed by atoms with Crippen LogP contribution in [0.2, 0.25) is 0 Å². The predicted octanol–water partition coefficient (Wildman–Crippen LogP) is 11.7. The molecule has 3 aromatic heterocycles. The van der Waals surface area contributed by atoms with E-state index in [1.807, 2.05) is 11.3 Å². The highest BCUT2D eigenvalue weighted by Gasteiger charge is 2.23. The van der Waals surface area contributed by atoms with Crippen LogP contribution in [0, 0.1) is 0 Å². The van der Waals surface area contributed by atoms with Crippen molar-refractivity contribution in [3.8, 4) is 22.8 Å². The van der Waals surface area contributed by atoms with Gasteiger partial charge in [0.05, 0.1) is 16.6 Å². The number of hydrogen-bond donors (Lipinski definition) is 0. The van der Waals surface area contributed by atoms with Crippen molar-refractivity contribution in [2.45, 2.75) is 25.7 Å². The number of thiophene rings is 1. The summed E-state index contributed by atoms with van der Waals surface area (Å²) in [6.45, 7) is 0. The lowest BCUT2D eigenvalue weighted by molar-refractivity contribution is 0.890. The van der Waals surface area contributed by atoms with Crippen molar-refractivity contribution < 1.29 is 0 Å². The van der Waals surface area contributed by atoms with Crippen LogP contribution in [0.5, 0.6) is 0 Å². The van der Waals surface area contributed by atoms with Crippen LogP contribution in [-0.2, 0) is 6.42 Å². The van der Waals surface area contributed by atoms with Crippen LogP contribution in [0.3, 0.4) is 0 Å². The third-order valence-corrected chi connectivity index (χ3v) is 11.0. The van der Waals surface area contributed by atoms with E-state index in [0.717, 1.165) is 53.8 Å². The molecule has 3 nitrogen and oxygen atoms in total. The molecular formula is C43H31N3S. The monoisotopic (exact) mass is 621 g/mol. The Balaban J connectivity index is 1.20. The normalized spacial score (nSPS) is 14.4. The Morgan fingerprint density at radius 1 is 0.638 bits per heavy atom. The molecule has 0 atom stereocenters. The van der Waals surface area contributed by atoms with Crippen LogP contribution in [0.15, 0.2) is 133 Å². The Bertz CT molecular complexity index is 2610. The number of hydrogen-bond acceptors (Lipinski definition) is 2. The number of para-hydroxylation sites is 3. The van der Waals surface area contributed by atoms with E-state index in [0.29, 0.717) is 0 Å². The summed E-state index contributed by atoms with van der Waals surface area (Å²) in [4.78, 5) is 5.13. The number of fused-ring (bicyclic) bond motifs is 8. The second kappa shape index (κ2) is 10.5. The highest BCUT2D eigenvalue weighted by molar-refractivity contribution is 7.26. The van der Waals surface area contributed by atoms with Crippen LogP contribution in [-0.4, -0.2) is 14.1 Å². The number of rotatable bonds is 4. The molecule has 0 fully saturated rings. The summed E-state index contributed by atoms with van der Waals surface area (Å²) in [5.74, 6) is 0.955. The van der Waals surface area contributed by atoms with Gasteiger partial charge < -0.3 is 4.57 Å². The summed E-state index contributed by atoms with van der Waals surface area (Å²) >= 11 is 1.93. The van der Waals surface area contributed by atoms with Crippen molar-refractivity contribution in [3.05, 3.63) is 150 Å². The first kappa shape index (κ1) is 26.7. The molecule has 10 rings (SSSR count). The van der Waals surface area contributed by atoms with E-state index in [1.165, 1.54) is 59.2 Å². The number of aromatic nitrogens is 3. The molecule has 2 aliphatic rings. The zero-order valence-electron chi connectivity index (χ0n) is 25.9. The molecule has 0 radical (unpaired) electrons. The van der Waals surface area contributed by atoms with E-state index in [4.69, 9.17) is 4.98 Å². The van der Waals surface area contributed by atoms with Crippen LogP contribution < -0.4 is 0 Å². The fourth-order valence-corrected chi connectivity index (χ4v) is 8.97. The highest BCUT2D eigenvalue weighted by Crippen LogP contribution is 2.45. The average molecular weight is 622 g/mol. The molecule has 3 heterocycles. The summed E-state index contributed by atoms with van der Waals surface area (Å²) in [6.07, 6.45) is 16.0. The Hall–Kier alpha value is -5.45. The zero-order valence-corrected chi connectivity index (χ0v) is 26.7. The summed E-state index contributed by atoms with van der Waals surface area (Å²) in [5, 5.41) is 4.05. The minimum Gasteiger partial charge on any atom is -0.312 e. The van der Waals surface area contributed by atoms with Gasteiger partial charge in [-0.05, 0) is 91.4 Å². The molecule has 0 aliphatic heterocycles. The molecule has 47 heavy (non-hydrogen) atoms. The molecule has 2 aliphatic carbocycles. The lowest BCUT2D eigenvalue weighted by atomic mass is 9.97. The van der Waals surface area contributed by atoms with E-state index in [2.05, 4.69) is 149 Å². The van der Waals surface area contributed by atoms with Crippen LogP contribution in [0.1, 0.15) is 36.1 Å². The summed E-state index contributed by atoms with van der Waals surface area (Å²) in [7, 11) is 0. The maximum Gasteiger partial charge on any atom is 0.145 e. The van der Waals surface area contributed by atoms with E-state index in [-0.39, 0.29) is 0 Å². The third kappa shape index (κ3) is 4.08. The quantitative estimate of drug-likeness (QED) is 0.192. The number of benzene rings is 5. The summed E-state index contributed by atoms with van der Waals surface area (Å²) in [6, 6.07) is 39.6. The molecule has 0 saturated carbocycles. The lowest BCUT2D eigenvalue weighted by Gasteiger charge is -2.15. The first-order chi connectivity index (χ1) is 23.3. The first-order valence-electron chi connectivity index (χ1n) is 16.5. The Kier molecular flexibility index (Phi) is 6.00.